The number of rotatable bonds is 4. The number of carbonyl (C=O) groups is 1. The second kappa shape index (κ2) is 8.32. The highest BCUT2D eigenvalue weighted by Crippen LogP contribution is 2.35. The molecule has 1 saturated heterocycles. The van der Waals surface area contributed by atoms with E-state index >= 15 is 0 Å². The minimum absolute atomic E-state index is 0. The molecule has 1 aromatic carbocycles. The number of benzene rings is 1. The van der Waals surface area contributed by atoms with E-state index in [4.69, 9.17) is 5.73 Å². The van der Waals surface area contributed by atoms with E-state index in [2.05, 4.69) is 24.0 Å². The number of nitrogens with two attached hydrogens (primary N) is 1. The van der Waals surface area contributed by atoms with Crippen LogP contribution in [0.25, 0.3) is 0 Å². The fourth-order valence-corrected chi connectivity index (χ4v) is 4.18. The first-order valence-corrected chi connectivity index (χ1v) is 8.81. The summed E-state index contributed by atoms with van der Waals surface area (Å²) >= 11 is 0. The SMILES string of the molecule is Cc1ccccc1CN(C)C(=O)CN1CC2CCCC(N)C2C1.Cl. The first kappa shape index (κ1) is 19.2. The van der Waals surface area contributed by atoms with Crippen LogP contribution in [0.1, 0.15) is 30.4 Å². The van der Waals surface area contributed by atoms with Crippen molar-refractivity contribution in [1.82, 2.24) is 9.80 Å². The van der Waals surface area contributed by atoms with E-state index in [-0.39, 0.29) is 18.3 Å². The van der Waals surface area contributed by atoms with E-state index in [1.165, 1.54) is 24.0 Å². The molecular weight excluding hydrogens is 322 g/mol. The van der Waals surface area contributed by atoms with Crippen molar-refractivity contribution in [2.24, 2.45) is 17.6 Å². The van der Waals surface area contributed by atoms with Gasteiger partial charge in [-0.2, -0.15) is 0 Å². The van der Waals surface area contributed by atoms with Crippen molar-refractivity contribution >= 4 is 18.3 Å². The molecule has 2 N–H and O–H groups in total. The molecule has 0 spiro atoms. The normalized spacial score (nSPS) is 26.5. The maximum absolute atomic E-state index is 12.6. The van der Waals surface area contributed by atoms with E-state index in [0.29, 0.717) is 31.0 Å². The van der Waals surface area contributed by atoms with Gasteiger partial charge in [-0.3, -0.25) is 9.69 Å². The highest BCUT2D eigenvalue weighted by molar-refractivity contribution is 5.85. The molecule has 24 heavy (non-hydrogen) atoms. The summed E-state index contributed by atoms with van der Waals surface area (Å²) < 4.78 is 0. The van der Waals surface area contributed by atoms with Crippen LogP contribution in [0.3, 0.4) is 0 Å². The Kier molecular flexibility index (Phi) is 6.67. The summed E-state index contributed by atoms with van der Waals surface area (Å²) in [5.41, 5.74) is 8.73. The van der Waals surface area contributed by atoms with Gasteiger partial charge in [-0.1, -0.05) is 30.7 Å². The topological polar surface area (TPSA) is 49.6 Å². The molecule has 0 radical (unpaired) electrons. The second-order valence-electron chi connectivity index (χ2n) is 7.39. The average Bonchev–Trinajstić information content (AvgIpc) is 2.93. The molecule has 1 saturated carbocycles. The predicted molar refractivity (Wildman–Crippen MR) is 100 cm³/mol. The van der Waals surface area contributed by atoms with E-state index in [1.54, 1.807) is 0 Å². The lowest BCUT2D eigenvalue weighted by Crippen LogP contribution is -2.39. The Morgan fingerprint density at radius 1 is 1.29 bits per heavy atom. The molecule has 1 aliphatic heterocycles. The number of hydrogen-bond acceptors (Lipinski definition) is 3. The van der Waals surface area contributed by atoms with Crippen LogP contribution in [0, 0.1) is 18.8 Å². The number of fused-ring (bicyclic) bond motifs is 1. The van der Waals surface area contributed by atoms with Crippen molar-refractivity contribution in [2.45, 2.75) is 38.8 Å². The fraction of sp³-hybridized carbons (Fsp3) is 0.632. The summed E-state index contributed by atoms with van der Waals surface area (Å²) in [6.45, 7) is 5.35. The molecule has 2 fully saturated rings. The molecule has 1 aliphatic carbocycles. The van der Waals surface area contributed by atoms with E-state index in [9.17, 15) is 4.79 Å². The van der Waals surface area contributed by atoms with Gasteiger partial charge < -0.3 is 10.6 Å². The Balaban J connectivity index is 0.00000208. The van der Waals surface area contributed by atoms with Crippen molar-refractivity contribution in [3.05, 3.63) is 35.4 Å². The van der Waals surface area contributed by atoms with Crippen molar-refractivity contribution in [3.8, 4) is 0 Å². The minimum atomic E-state index is 0. The molecule has 1 amide bonds. The van der Waals surface area contributed by atoms with Gasteiger partial charge in [0.1, 0.15) is 0 Å². The Bertz CT molecular complexity index is 565. The van der Waals surface area contributed by atoms with E-state index < -0.39 is 0 Å². The molecular formula is C19H30ClN3O. The summed E-state index contributed by atoms with van der Waals surface area (Å²) in [4.78, 5) is 16.7. The van der Waals surface area contributed by atoms with E-state index in [0.717, 1.165) is 19.5 Å². The highest BCUT2D eigenvalue weighted by atomic mass is 35.5. The molecule has 0 aromatic heterocycles. The van der Waals surface area contributed by atoms with Crippen molar-refractivity contribution in [2.75, 3.05) is 26.7 Å². The standard InChI is InChI=1S/C19H29N3O.ClH/c1-14-6-3-4-7-15(14)10-21(2)19(23)13-22-11-16-8-5-9-18(20)17(16)12-22;/h3-4,6-7,16-18H,5,8-13,20H2,1-2H3;1H. The number of likely N-dealkylation sites (tertiary alicyclic amines) is 1. The average molecular weight is 352 g/mol. The third kappa shape index (κ3) is 4.29. The van der Waals surface area contributed by atoms with Gasteiger partial charge in [0.05, 0.1) is 6.54 Å². The van der Waals surface area contributed by atoms with Crippen LogP contribution in [0.15, 0.2) is 24.3 Å². The molecule has 2 aliphatic rings. The van der Waals surface area contributed by atoms with Crippen LogP contribution in [-0.4, -0.2) is 48.4 Å². The minimum Gasteiger partial charge on any atom is -0.340 e. The van der Waals surface area contributed by atoms with Crippen LogP contribution >= 0.6 is 12.4 Å². The lowest BCUT2D eigenvalue weighted by atomic mass is 9.78. The van der Waals surface area contributed by atoms with Gasteiger partial charge in [0.25, 0.3) is 0 Å². The Hall–Kier alpha value is -1.10. The van der Waals surface area contributed by atoms with Crippen molar-refractivity contribution < 1.29 is 4.79 Å². The maximum Gasteiger partial charge on any atom is 0.236 e. The summed E-state index contributed by atoms with van der Waals surface area (Å²) in [5.74, 6) is 1.51. The molecule has 4 nitrogen and oxygen atoms in total. The van der Waals surface area contributed by atoms with Gasteiger partial charge in [0, 0.05) is 32.7 Å². The fourth-order valence-electron chi connectivity index (χ4n) is 4.18. The third-order valence-electron chi connectivity index (χ3n) is 5.68. The molecule has 134 valence electrons. The van der Waals surface area contributed by atoms with Gasteiger partial charge in [-0.25, -0.2) is 0 Å². The van der Waals surface area contributed by atoms with Gasteiger partial charge in [-0.15, -0.1) is 12.4 Å². The smallest absolute Gasteiger partial charge is 0.236 e. The number of likely N-dealkylation sites (N-methyl/N-ethyl adjacent to an activating group) is 1. The molecule has 3 unspecified atom stereocenters. The van der Waals surface area contributed by atoms with Gasteiger partial charge in [0.2, 0.25) is 5.91 Å². The zero-order chi connectivity index (χ0) is 16.4. The van der Waals surface area contributed by atoms with Crippen LogP contribution in [0.5, 0.6) is 0 Å². The lowest BCUT2D eigenvalue weighted by molar-refractivity contribution is -0.131. The number of aryl methyl sites for hydroxylation is 1. The monoisotopic (exact) mass is 351 g/mol. The lowest BCUT2D eigenvalue weighted by Gasteiger charge is -2.29. The number of hydrogen-bond donors (Lipinski definition) is 1. The first-order chi connectivity index (χ1) is 11.0. The number of halogens is 1. The van der Waals surface area contributed by atoms with Crippen LogP contribution in [0.4, 0.5) is 0 Å². The van der Waals surface area contributed by atoms with Gasteiger partial charge in [-0.05, 0) is 42.7 Å². The Labute approximate surface area is 151 Å². The third-order valence-corrected chi connectivity index (χ3v) is 5.68. The number of amides is 1. The van der Waals surface area contributed by atoms with Gasteiger partial charge >= 0.3 is 0 Å². The number of carbonyl (C=O) groups excluding carboxylic acids is 1. The number of nitrogens with zero attached hydrogens (tertiary/aromatic N) is 2. The zero-order valence-electron chi connectivity index (χ0n) is 14.8. The first-order valence-electron chi connectivity index (χ1n) is 8.81. The Morgan fingerprint density at radius 3 is 2.75 bits per heavy atom. The quantitative estimate of drug-likeness (QED) is 0.906. The van der Waals surface area contributed by atoms with Crippen molar-refractivity contribution in [1.29, 1.82) is 0 Å². The summed E-state index contributed by atoms with van der Waals surface area (Å²) in [5, 5.41) is 0. The predicted octanol–water partition coefficient (Wildman–Crippen LogP) is 2.43. The highest BCUT2D eigenvalue weighted by Gasteiger charge is 2.39. The molecule has 3 atom stereocenters. The van der Waals surface area contributed by atoms with E-state index in [1.807, 2.05) is 24.1 Å². The molecule has 0 bridgehead atoms. The molecule has 5 heteroatoms. The summed E-state index contributed by atoms with van der Waals surface area (Å²) in [7, 11) is 1.91. The zero-order valence-corrected chi connectivity index (χ0v) is 15.6. The van der Waals surface area contributed by atoms with Crippen molar-refractivity contribution in [3.63, 3.8) is 0 Å². The van der Waals surface area contributed by atoms with Crippen LogP contribution in [-0.2, 0) is 11.3 Å². The molecule has 1 aromatic rings. The van der Waals surface area contributed by atoms with Crippen LogP contribution < -0.4 is 5.73 Å². The molecule has 1 heterocycles. The van der Waals surface area contributed by atoms with Gasteiger partial charge in [0.15, 0.2) is 0 Å². The van der Waals surface area contributed by atoms with Crippen LogP contribution in [0.2, 0.25) is 0 Å². The summed E-state index contributed by atoms with van der Waals surface area (Å²) in [6, 6.07) is 8.60. The molecule has 3 rings (SSSR count). The maximum atomic E-state index is 12.6. The largest absolute Gasteiger partial charge is 0.340 e. The second-order valence-corrected chi connectivity index (χ2v) is 7.39. The summed E-state index contributed by atoms with van der Waals surface area (Å²) in [6.07, 6.45) is 3.68. The Morgan fingerprint density at radius 2 is 2.04 bits per heavy atom.